The minimum atomic E-state index is -3.97. The Morgan fingerprint density at radius 3 is 2.33 bits per heavy atom. The maximum atomic E-state index is 12.6. The van der Waals surface area contributed by atoms with Crippen molar-refractivity contribution in [2.24, 2.45) is 23.2 Å². The number of hydrogen-bond donors (Lipinski definition) is 1. The van der Waals surface area contributed by atoms with E-state index in [0.717, 1.165) is 32.4 Å². The topological polar surface area (TPSA) is 12.0 Å². The van der Waals surface area contributed by atoms with E-state index in [-0.39, 0.29) is 5.41 Å². The van der Waals surface area contributed by atoms with Crippen LogP contribution in [0.25, 0.3) is 0 Å². The fourth-order valence-electron chi connectivity index (χ4n) is 3.40. The van der Waals surface area contributed by atoms with Gasteiger partial charge in [-0.25, -0.2) is 0 Å². The van der Waals surface area contributed by atoms with E-state index in [0.29, 0.717) is 24.7 Å². The van der Waals surface area contributed by atoms with Gasteiger partial charge < -0.3 is 5.32 Å². The highest BCUT2D eigenvalue weighted by Crippen LogP contribution is 2.62. The maximum Gasteiger partial charge on any atom is 0.391 e. The highest BCUT2D eigenvalue weighted by atomic mass is 19.4. The SMILES string of the molecule is CC(C)CNCC1CC12CCC(C(F)(F)F)CC2. The average Bonchev–Trinajstić information content (AvgIpc) is 2.90. The average molecular weight is 263 g/mol. The van der Waals surface area contributed by atoms with Gasteiger partial charge >= 0.3 is 6.18 Å². The summed E-state index contributed by atoms with van der Waals surface area (Å²) in [5.74, 6) is 0.235. The van der Waals surface area contributed by atoms with Gasteiger partial charge in [0.05, 0.1) is 5.92 Å². The van der Waals surface area contributed by atoms with Crippen molar-refractivity contribution in [3.05, 3.63) is 0 Å². The molecule has 0 aromatic rings. The van der Waals surface area contributed by atoms with Crippen LogP contribution < -0.4 is 5.32 Å². The molecule has 1 unspecified atom stereocenters. The summed E-state index contributed by atoms with van der Waals surface area (Å²) in [4.78, 5) is 0. The molecule has 0 radical (unpaired) electrons. The van der Waals surface area contributed by atoms with E-state index in [1.54, 1.807) is 0 Å². The van der Waals surface area contributed by atoms with Crippen LogP contribution in [0, 0.1) is 23.2 Å². The van der Waals surface area contributed by atoms with Crippen molar-refractivity contribution in [2.75, 3.05) is 13.1 Å². The minimum absolute atomic E-state index is 0.270. The lowest BCUT2D eigenvalue weighted by Crippen LogP contribution is -2.30. The summed E-state index contributed by atoms with van der Waals surface area (Å²) in [6, 6.07) is 0. The Labute approximate surface area is 108 Å². The summed E-state index contributed by atoms with van der Waals surface area (Å²) in [6.07, 6.45) is -0.560. The van der Waals surface area contributed by atoms with Crippen molar-refractivity contribution in [1.82, 2.24) is 5.32 Å². The summed E-state index contributed by atoms with van der Waals surface area (Å²) >= 11 is 0. The molecule has 0 aliphatic heterocycles. The van der Waals surface area contributed by atoms with Crippen molar-refractivity contribution in [3.8, 4) is 0 Å². The summed E-state index contributed by atoms with van der Waals surface area (Å²) in [7, 11) is 0. The molecule has 2 rings (SSSR count). The molecule has 18 heavy (non-hydrogen) atoms. The van der Waals surface area contributed by atoms with E-state index in [1.165, 1.54) is 0 Å². The number of nitrogens with one attached hydrogen (secondary N) is 1. The fourth-order valence-corrected chi connectivity index (χ4v) is 3.40. The van der Waals surface area contributed by atoms with Crippen molar-refractivity contribution in [3.63, 3.8) is 0 Å². The first-order valence-electron chi connectivity index (χ1n) is 7.11. The van der Waals surface area contributed by atoms with Crippen molar-refractivity contribution < 1.29 is 13.2 Å². The van der Waals surface area contributed by atoms with Crippen LogP contribution >= 0.6 is 0 Å². The zero-order valence-electron chi connectivity index (χ0n) is 11.3. The van der Waals surface area contributed by atoms with Crippen molar-refractivity contribution in [1.29, 1.82) is 0 Å². The lowest BCUT2D eigenvalue weighted by molar-refractivity contribution is -0.185. The third kappa shape index (κ3) is 3.19. The first-order valence-corrected chi connectivity index (χ1v) is 7.11. The van der Waals surface area contributed by atoms with Crippen LogP contribution in [0.4, 0.5) is 13.2 Å². The first-order chi connectivity index (χ1) is 8.33. The van der Waals surface area contributed by atoms with Gasteiger partial charge in [-0.1, -0.05) is 13.8 Å². The Morgan fingerprint density at radius 2 is 1.83 bits per heavy atom. The van der Waals surface area contributed by atoms with Crippen LogP contribution in [0.5, 0.6) is 0 Å². The molecule has 2 aliphatic rings. The maximum absolute atomic E-state index is 12.6. The van der Waals surface area contributed by atoms with E-state index in [4.69, 9.17) is 0 Å². The highest BCUT2D eigenvalue weighted by molar-refractivity contribution is 5.05. The Morgan fingerprint density at radius 1 is 1.22 bits per heavy atom. The second kappa shape index (κ2) is 5.03. The summed E-state index contributed by atoms with van der Waals surface area (Å²) < 4.78 is 37.8. The normalized spacial score (nSPS) is 36.3. The van der Waals surface area contributed by atoms with Crippen LogP contribution in [-0.2, 0) is 0 Å². The number of hydrogen-bond acceptors (Lipinski definition) is 1. The van der Waals surface area contributed by atoms with Gasteiger partial charge in [-0.3, -0.25) is 0 Å². The molecule has 0 amide bonds. The molecular formula is C14H24F3N. The lowest BCUT2D eigenvalue weighted by Gasteiger charge is -2.30. The second-order valence-corrected chi connectivity index (χ2v) is 6.63. The van der Waals surface area contributed by atoms with Gasteiger partial charge in [0.2, 0.25) is 0 Å². The predicted octanol–water partition coefficient (Wildman–Crippen LogP) is 3.99. The molecule has 2 aliphatic carbocycles. The number of halogens is 3. The van der Waals surface area contributed by atoms with Gasteiger partial charge in [-0.15, -0.1) is 0 Å². The number of rotatable bonds is 4. The molecule has 0 aromatic carbocycles. The third-order valence-electron chi connectivity index (χ3n) is 4.75. The Bertz CT molecular complexity index is 277. The molecular weight excluding hydrogens is 239 g/mol. The Balaban J connectivity index is 1.71. The molecule has 0 saturated heterocycles. The van der Waals surface area contributed by atoms with E-state index >= 15 is 0 Å². The smallest absolute Gasteiger partial charge is 0.316 e. The van der Waals surface area contributed by atoms with Gasteiger partial charge in [0.25, 0.3) is 0 Å². The van der Waals surface area contributed by atoms with E-state index in [1.807, 2.05) is 0 Å². The van der Waals surface area contributed by atoms with Crippen LogP contribution in [0.2, 0.25) is 0 Å². The molecule has 2 saturated carbocycles. The van der Waals surface area contributed by atoms with Gasteiger partial charge in [0.15, 0.2) is 0 Å². The van der Waals surface area contributed by atoms with Crippen LogP contribution in [0.1, 0.15) is 46.0 Å². The lowest BCUT2D eigenvalue weighted by atomic mass is 9.78. The van der Waals surface area contributed by atoms with Crippen LogP contribution in [0.15, 0.2) is 0 Å². The quantitative estimate of drug-likeness (QED) is 0.808. The molecule has 106 valence electrons. The highest BCUT2D eigenvalue weighted by Gasteiger charge is 2.56. The molecule has 4 heteroatoms. The molecule has 2 fully saturated rings. The Kier molecular flexibility index (Phi) is 3.96. The molecule has 1 N–H and O–H groups in total. The molecule has 1 nitrogen and oxygen atoms in total. The molecule has 0 bridgehead atoms. The fraction of sp³-hybridized carbons (Fsp3) is 1.00. The van der Waals surface area contributed by atoms with Gasteiger partial charge in [0.1, 0.15) is 0 Å². The largest absolute Gasteiger partial charge is 0.391 e. The third-order valence-corrected chi connectivity index (χ3v) is 4.75. The van der Waals surface area contributed by atoms with Gasteiger partial charge in [0, 0.05) is 0 Å². The first kappa shape index (κ1) is 14.2. The molecule has 0 heterocycles. The van der Waals surface area contributed by atoms with E-state index < -0.39 is 12.1 Å². The zero-order chi connectivity index (χ0) is 13.4. The monoisotopic (exact) mass is 263 g/mol. The zero-order valence-corrected chi connectivity index (χ0v) is 11.3. The van der Waals surface area contributed by atoms with Gasteiger partial charge in [-0.2, -0.15) is 13.2 Å². The van der Waals surface area contributed by atoms with Crippen LogP contribution in [-0.4, -0.2) is 19.3 Å². The standard InChI is InChI=1S/C14H24F3N/c1-10(2)8-18-9-12-7-13(12)5-3-11(4-6-13)14(15,16)17/h10-12,18H,3-9H2,1-2H3. The molecule has 0 aromatic heterocycles. The predicted molar refractivity (Wildman–Crippen MR) is 66.3 cm³/mol. The van der Waals surface area contributed by atoms with Crippen molar-refractivity contribution in [2.45, 2.75) is 52.1 Å². The minimum Gasteiger partial charge on any atom is -0.316 e. The number of alkyl halides is 3. The molecule has 1 atom stereocenters. The molecule has 1 spiro atoms. The Hall–Kier alpha value is -0.250. The van der Waals surface area contributed by atoms with Crippen LogP contribution in [0.3, 0.4) is 0 Å². The summed E-state index contributed by atoms with van der Waals surface area (Å²) in [5, 5.41) is 3.44. The van der Waals surface area contributed by atoms with E-state index in [2.05, 4.69) is 19.2 Å². The summed E-state index contributed by atoms with van der Waals surface area (Å²) in [5.41, 5.74) is 0.270. The van der Waals surface area contributed by atoms with E-state index in [9.17, 15) is 13.2 Å². The summed E-state index contributed by atoms with van der Waals surface area (Å²) in [6.45, 7) is 6.35. The second-order valence-electron chi connectivity index (χ2n) is 6.63. The van der Waals surface area contributed by atoms with Crippen molar-refractivity contribution >= 4 is 0 Å². The van der Waals surface area contributed by atoms with Gasteiger partial charge in [-0.05, 0) is 62.4 Å².